The number of aromatic nitrogens is 1. The number of benzene rings is 1. The number of carbonyl (C=O) groups is 2. The van der Waals surface area contributed by atoms with Crippen LogP contribution in [0.15, 0.2) is 36.5 Å². The Morgan fingerprint density at radius 3 is 2.90 bits per heavy atom. The zero-order chi connectivity index (χ0) is 15.2. The lowest BCUT2D eigenvalue weighted by molar-refractivity contribution is -0.139. The van der Waals surface area contributed by atoms with Crippen molar-refractivity contribution in [2.24, 2.45) is 0 Å². The van der Waals surface area contributed by atoms with Crippen molar-refractivity contribution >= 4 is 22.8 Å². The van der Waals surface area contributed by atoms with Crippen molar-refractivity contribution < 1.29 is 19.4 Å². The predicted molar refractivity (Wildman–Crippen MR) is 77.1 cm³/mol. The summed E-state index contributed by atoms with van der Waals surface area (Å²) < 4.78 is 4.84. The number of hydrogen-bond donors (Lipinski definition) is 2. The van der Waals surface area contributed by atoms with E-state index in [1.807, 2.05) is 6.07 Å². The van der Waals surface area contributed by atoms with Gasteiger partial charge in [0.15, 0.2) is 0 Å². The van der Waals surface area contributed by atoms with Gasteiger partial charge < -0.3 is 15.2 Å². The van der Waals surface area contributed by atoms with Crippen LogP contribution in [0.1, 0.15) is 16.8 Å². The highest BCUT2D eigenvalue weighted by Gasteiger charge is 2.20. The molecular weight excluding hydrogens is 272 g/mol. The first-order valence-electron chi connectivity index (χ1n) is 6.49. The van der Waals surface area contributed by atoms with E-state index in [0.29, 0.717) is 5.56 Å². The normalized spacial score (nSPS) is 12.0. The summed E-state index contributed by atoms with van der Waals surface area (Å²) in [5, 5.41) is 12.4. The maximum Gasteiger partial charge on any atom is 0.326 e. The Labute approximate surface area is 121 Å². The molecule has 2 rings (SSSR count). The van der Waals surface area contributed by atoms with E-state index in [4.69, 9.17) is 9.84 Å². The van der Waals surface area contributed by atoms with Gasteiger partial charge in [0.25, 0.3) is 5.91 Å². The van der Waals surface area contributed by atoms with Crippen LogP contribution in [0.3, 0.4) is 0 Å². The second kappa shape index (κ2) is 6.81. The van der Waals surface area contributed by atoms with E-state index in [2.05, 4.69) is 10.3 Å². The second-order valence-electron chi connectivity index (χ2n) is 4.56. The van der Waals surface area contributed by atoms with Crippen molar-refractivity contribution in [1.29, 1.82) is 0 Å². The molecule has 21 heavy (non-hydrogen) atoms. The summed E-state index contributed by atoms with van der Waals surface area (Å²) in [7, 11) is 1.48. The van der Waals surface area contributed by atoms with Gasteiger partial charge in [0.05, 0.1) is 5.52 Å². The number of ether oxygens (including phenoxy) is 1. The van der Waals surface area contributed by atoms with Gasteiger partial charge in [0.1, 0.15) is 6.04 Å². The molecule has 0 saturated carbocycles. The number of carboxylic acid groups (broad SMARTS) is 1. The van der Waals surface area contributed by atoms with E-state index in [1.54, 1.807) is 30.5 Å². The molecule has 2 aromatic rings. The molecular formula is C15H16N2O4. The molecule has 2 N–H and O–H groups in total. The Hall–Kier alpha value is -2.47. The smallest absolute Gasteiger partial charge is 0.326 e. The maximum atomic E-state index is 12.1. The zero-order valence-corrected chi connectivity index (χ0v) is 11.6. The molecule has 6 heteroatoms. The molecule has 1 aromatic heterocycles. The number of nitrogens with one attached hydrogen (secondary N) is 1. The number of nitrogens with zero attached hydrogens (tertiary/aromatic N) is 1. The van der Waals surface area contributed by atoms with Crippen molar-refractivity contribution in [1.82, 2.24) is 10.3 Å². The number of carboxylic acids is 1. The van der Waals surface area contributed by atoms with Gasteiger partial charge in [-0.05, 0) is 24.3 Å². The zero-order valence-electron chi connectivity index (χ0n) is 11.6. The van der Waals surface area contributed by atoms with E-state index < -0.39 is 17.9 Å². The molecule has 1 atom stereocenters. The van der Waals surface area contributed by atoms with Crippen LogP contribution in [0.2, 0.25) is 0 Å². The van der Waals surface area contributed by atoms with Gasteiger partial charge in [-0.1, -0.05) is 6.07 Å². The van der Waals surface area contributed by atoms with Gasteiger partial charge >= 0.3 is 5.97 Å². The lowest BCUT2D eigenvalue weighted by Gasteiger charge is -2.14. The van der Waals surface area contributed by atoms with Crippen LogP contribution in [-0.2, 0) is 9.53 Å². The first-order chi connectivity index (χ1) is 10.1. The van der Waals surface area contributed by atoms with Gasteiger partial charge in [-0.15, -0.1) is 0 Å². The highest BCUT2D eigenvalue weighted by atomic mass is 16.5. The Bertz CT molecular complexity index is 657. The fourth-order valence-corrected chi connectivity index (χ4v) is 1.95. The lowest BCUT2D eigenvalue weighted by Crippen LogP contribution is -2.41. The highest BCUT2D eigenvalue weighted by Crippen LogP contribution is 2.13. The summed E-state index contributed by atoms with van der Waals surface area (Å²) in [6.45, 7) is 0.263. The molecule has 0 aliphatic rings. The van der Waals surface area contributed by atoms with Gasteiger partial charge in [0.2, 0.25) is 0 Å². The van der Waals surface area contributed by atoms with Crippen molar-refractivity contribution in [2.45, 2.75) is 12.5 Å². The average Bonchev–Trinajstić information content (AvgIpc) is 2.50. The minimum absolute atomic E-state index is 0.215. The topological polar surface area (TPSA) is 88.5 Å². The van der Waals surface area contributed by atoms with Gasteiger partial charge in [-0.25, -0.2) is 4.79 Å². The first kappa shape index (κ1) is 14.9. The number of pyridine rings is 1. The molecule has 0 saturated heterocycles. The molecule has 0 bridgehead atoms. The van der Waals surface area contributed by atoms with E-state index in [0.717, 1.165) is 10.9 Å². The van der Waals surface area contributed by atoms with Crippen LogP contribution in [0.4, 0.5) is 0 Å². The summed E-state index contributed by atoms with van der Waals surface area (Å²) in [5.41, 5.74) is 1.18. The summed E-state index contributed by atoms with van der Waals surface area (Å²) in [6.07, 6.45) is 1.89. The number of carbonyl (C=O) groups excluding carboxylic acids is 1. The number of methoxy groups -OCH3 is 1. The molecule has 0 aliphatic carbocycles. The summed E-state index contributed by atoms with van der Waals surface area (Å²) >= 11 is 0. The first-order valence-corrected chi connectivity index (χ1v) is 6.49. The molecule has 110 valence electrons. The third-order valence-corrected chi connectivity index (χ3v) is 3.08. The second-order valence-corrected chi connectivity index (χ2v) is 4.56. The van der Waals surface area contributed by atoms with E-state index in [9.17, 15) is 9.59 Å². The van der Waals surface area contributed by atoms with Gasteiger partial charge in [-0.3, -0.25) is 9.78 Å². The molecule has 0 spiro atoms. The minimum Gasteiger partial charge on any atom is -0.480 e. The Morgan fingerprint density at radius 1 is 1.38 bits per heavy atom. The largest absolute Gasteiger partial charge is 0.480 e. The molecule has 1 amide bonds. The van der Waals surface area contributed by atoms with Gasteiger partial charge in [0, 0.05) is 37.3 Å². The van der Waals surface area contributed by atoms with Crippen LogP contribution in [-0.4, -0.2) is 41.7 Å². The molecule has 1 aromatic carbocycles. The number of fused-ring (bicyclic) bond motifs is 1. The predicted octanol–water partition coefficient (Wildman–Crippen LogP) is 1.45. The standard InChI is InChI=1S/C15H16N2O4/c1-21-8-6-13(15(19)20)17-14(18)11-4-5-12-10(9-11)3-2-7-16-12/h2-5,7,9,13H,6,8H2,1H3,(H,17,18)(H,19,20). The Morgan fingerprint density at radius 2 is 2.19 bits per heavy atom. The number of amides is 1. The monoisotopic (exact) mass is 288 g/mol. The number of aliphatic carboxylic acids is 1. The van der Waals surface area contributed by atoms with Gasteiger partial charge in [-0.2, -0.15) is 0 Å². The summed E-state index contributed by atoms with van der Waals surface area (Å²) in [4.78, 5) is 27.4. The van der Waals surface area contributed by atoms with Crippen molar-refractivity contribution in [2.75, 3.05) is 13.7 Å². The fourth-order valence-electron chi connectivity index (χ4n) is 1.95. The van der Waals surface area contributed by atoms with Crippen LogP contribution in [0.5, 0.6) is 0 Å². The SMILES string of the molecule is COCCC(NC(=O)c1ccc2ncccc2c1)C(=O)O. The Kier molecular flexibility index (Phi) is 4.84. The van der Waals surface area contributed by atoms with Crippen LogP contribution >= 0.6 is 0 Å². The molecule has 1 unspecified atom stereocenters. The average molecular weight is 288 g/mol. The molecule has 0 radical (unpaired) electrons. The van der Waals surface area contributed by atoms with Crippen molar-refractivity contribution in [3.05, 3.63) is 42.1 Å². The number of hydrogen-bond acceptors (Lipinski definition) is 4. The molecule has 0 fully saturated rings. The molecule has 0 aliphatic heterocycles. The van der Waals surface area contributed by atoms with Crippen molar-refractivity contribution in [3.8, 4) is 0 Å². The third-order valence-electron chi connectivity index (χ3n) is 3.08. The van der Waals surface area contributed by atoms with Crippen molar-refractivity contribution in [3.63, 3.8) is 0 Å². The van der Waals surface area contributed by atoms with E-state index >= 15 is 0 Å². The van der Waals surface area contributed by atoms with E-state index in [1.165, 1.54) is 7.11 Å². The molecule has 1 heterocycles. The fraction of sp³-hybridized carbons (Fsp3) is 0.267. The minimum atomic E-state index is -1.08. The summed E-state index contributed by atoms with van der Waals surface area (Å²) in [6, 6.07) is 7.70. The third kappa shape index (κ3) is 3.76. The summed E-state index contributed by atoms with van der Waals surface area (Å²) in [5.74, 6) is -1.51. The van der Waals surface area contributed by atoms with Crippen LogP contribution < -0.4 is 5.32 Å². The maximum absolute atomic E-state index is 12.1. The quantitative estimate of drug-likeness (QED) is 0.840. The number of rotatable bonds is 6. The van der Waals surface area contributed by atoms with Crippen LogP contribution in [0.25, 0.3) is 10.9 Å². The Balaban J connectivity index is 2.15. The highest BCUT2D eigenvalue weighted by molar-refractivity contribution is 5.99. The van der Waals surface area contributed by atoms with Crippen LogP contribution in [0, 0.1) is 0 Å². The lowest BCUT2D eigenvalue weighted by atomic mass is 10.1. The molecule has 6 nitrogen and oxygen atoms in total. The van der Waals surface area contributed by atoms with E-state index in [-0.39, 0.29) is 13.0 Å².